The Labute approximate surface area is 73.8 Å². The molecule has 0 aliphatic carbocycles. The molecule has 6 heteroatoms. The fraction of sp³-hybridized carbons (Fsp3) is 0.667. The molecule has 1 atom stereocenters. The van der Waals surface area contributed by atoms with Crippen molar-refractivity contribution in [1.29, 1.82) is 0 Å². The predicted octanol–water partition coefficient (Wildman–Crippen LogP) is -0.326. The Kier molecular flexibility index (Phi) is 2.93. The molecule has 0 spiro atoms. The number of aromatic nitrogens is 3. The monoisotopic (exact) mass is 189 g/mol. The Hall–Kier alpha value is -0.750. The van der Waals surface area contributed by atoms with Crippen molar-refractivity contribution in [2.45, 2.75) is 24.7 Å². The average molecular weight is 189 g/mol. The van der Waals surface area contributed by atoms with Crippen LogP contribution in [0.1, 0.15) is 6.92 Å². The van der Waals surface area contributed by atoms with Crippen LogP contribution in [0.3, 0.4) is 0 Å². The number of aliphatic hydroxyl groups excluding tert-OH is 1. The number of hydrogen-bond acceptors (Lipinski definition) is 4. The first kappa shape index (κ1) is 9.34. The van der Waals surface area contributed by atoms with Gasteiger partial charge in [0.25, 0.3) is 0 Å². The van der Waals surface area contributed by atoms with Crippen LogP contribution in [0.4, 0.5) is 0 Å². The van der Waals surface area contributed by atoms with Gasteiger partial charge in [-0.05, 0) is 13.2 Å². The van der Waals surface area contributed by atoms with Crippen molar-refractivity contribution in [3.63, 3.8) is 0 Å². The summed E-state index contributed by atoms with van der Waals surface area (Å²) < 4.78 is 1.22. The van der Waals surface area contributed by atoms with Gasteiger partial charge in [0.15, 0.2) is 5.16 Å². The zero-order valence-electron chi connectivity index (χ0n) is 6.94. The quantitative estimate of drug-likeness (QED) is 0.639. The van der Waals surface area contributed by atoms with Crippen molar-refractivity contribution in [3.05, 3.63) is 10.5 Å². The minimum atomic E-state index is -0.555. The molecule has 0 saturated carbocycles. The predicted molar refractivity (Wildman–Crippen MR) is 46.3 cm³/mol. The number of nitrogens with zero attached hydrogens (tertiary/aromatic N) is 2. The van der Waals surface area contributed by atoms with E-state index >= 15 is 0 Å². The second-order valence-corrected chi connectivity index (χ2v) is 3.27. The molecular formula is C6H11N3O2S. The third kappa shape index (κ3) is 2.12. The van der Waals surface area contributed by atoms with Crippen LogP contribution in [0.2, 0.25) is 0 Å². The molecule has 0 amide bonds. The first-order valence-electron chi connectivity index (χ1n) is 3.52. The van der Waals surface area contributed by atoms with Crippen molar-refractivity contribution >= 4 is 11.8 Å². The van der Waals surface area contributed by atoms with E-state index in [1.165, 1.54) is 16.4 Å². The van der Waals surface area contributed by atoms with Gasteiger partial charge < -0.3 is 5.11 Å². The van der Waals surface area contributed by atoms with E-state index in [0.29, 0.717) is 5.16 Å². The summed E-state index contributed by atoms with van der Waals surface area (Å²) in [6.45, 7) is 1.84. The summed E-state index contributed by atoms with van der Waals surface area (Å²) in [4.78, 5) is 13.6. The highest BCUT2D eigenvalue weighted by Crippen LogP contribution is 2.03. The summed E-state index contributed by atoms with van der Waals surface area (Å²) in [6.07, 6.45) is 1.27. The highest BCUT2D eigenvalue weighted by molar-refractivity contribution is 7.98. The lowest BCUT2D eigenvalue weighted by Crippen LogP contribution is -2.23. The normalized spacial score (nSPS) is 13.2. The smallest absolute Gasteiger partial charge is 0.344 e. The van der Waals surface area contributed by atoms with Gasteiger partial charge >= 0.3 is 5.69 Å². The third-order valence-electron chi connectivity index (χ3n) is 1.29. The van der Waals surface area contributed by atoms with Crippen LogP contribution in [-0.4, -0.2) is 32.2 Å². The molecule has 0 aliphatic heterocycles. The highest BCUT2D eigenvalue weighted by Gasteiger charge is 2.05. The van der Waals surface area contributed by atoms with Crippen LogP contribution < -0.4 is 5.69 Å². The van der Waals surface area contributed by atoms with Crippen molar-refractivity contribution < 1.29 is 5.11 Å². The lowest BCUT2D eigenvalue weighted by Gasteiger charge is -2.00. The van der Waals surface area contributed by atoms with Gasteiger partial charge in [0.05, 0.1) is 12.6 Å². The Balaban J connectivity index is 2.85. The maximum atomic E-state index is 11.1. The van der Waals surface area contributed by atoms with Crippen LogP contribution in [0, 0.1) is 0 Å². The molecule has 1 unspecified atom stereocenters. The Bertz CT molecular complexity index is 304. The van der Waals surface area contributed by atoms with Gasteiger partial charge in [0, 0.05) is 0 Å². The summed E-state index contributed by atoms with van der Waals surface area (Å²) >= 11 is 1.36. The second kappa shape index (κ2) is 3.77. The fourth-order valence-electron chi connectivity index (χ4n) is 0.802. The van der Waals surface area contributed by atoms with Gasteiger partial charge in [-0.3, -0.25) is 4.98 Å². The summed E-state index contributed by atoms with van der Waals surface area (Å²) in [7, 11) is 0. The minimum absolute atomic E-state index is 0.232. The van der Waals surface area contributed by atoms with E-state index in [9.17, 15) is 4.79 Å². The molecule has 1 aromatic heterocycles. The number of thioether (sulfide) groups is 1. The number of aromatic amines is 1. The van der Waals surface area contributed by atoms with Crippen LogP contribution in [0.15, 0.2) is 9.95 Å². The lowest BCUT2D eigenvalue weighted by atomic mass is 10.4. The van der Waals surface area contributed by atoms with E-state index < -0.39 is 6.10 Å². The third-order valence-corrected chi connectivity index (χ3v) is 1.86. The largest absolute Gasteiger partial charge is 0.391 e. The highest BCUT2D eigenvalue weighted by atomic mass is 32.2. The van der Waals surface area contributed by atoms with Crippen molar-refractivity contribution in [2.75, 3.05) is 6.26 Å². The van der Waals surface area contributed by atoms with Gasteiger partial charge in [0.1, 0.15) is 0 Å². The van der Waals surface area contributed by atoms with E-state index in [1.807, 2.05) is 6.26 Å². The fourth-order valence-corrected chi connectivity index (χ4v) is 1.17. The molecule has 0 bridgehead atoms. The Morgan fingerprint density at radius 2 is 2.50 bits per heavy atom. The van der Waals surface area contributed by atoms with E-state index in [0.717, 1.165) is 0 Å². The topological polar surface area (TPSA) is 70.9 Å². The van der Waals surface area contributed by atoms with E-state index in [4.69, 9.17) is 5.11 Å². The summed E-state index contributed by atoms with van der Waals surface area (Å²) in [5.74, 6) is 0. The minimum Gasteiger partial charge on any atom is -0.391 e. The molecular weight excluding hydrogens is 178 g/mol. The van der Waals surface area contributed by atoms with Gasteiger partial charge in [-0.1, -0.05) is 11.8 Å². The second-order valence-electron chi connectivity index (χ2n) is 2.47. The summed E-state index contributed by atoms with van der Waals surface area (Å²) in [6, 6.07) is 0. The van der Waals surface area contributed by atoms with Crippen molar-refractivity contribution in [2.24, 2.45) is 0 Å². The van der Waals surface area contributed by atoms with Crippen LogP contribution in [0.5, 0.6) is 0 Å². The maximum Gasteiger partial charge on any atom is 0.344 e. The first-order valence-corrected chi connectivity index (χ1v) is 4.75. The molecule has 1 rings (SSSR count). The molecule has 1 aromatic rings. The van der Waals surface area contributed by atoms with E-state index in [-0.39, 0.29) is 12.2 Å². The van der Waals surface area contributed by atoms with Crippen molar-refractivity contribution in [3.8, 4) is 0 Å². The Morgan fingerprint density at radius 3 is 2.92 bits per heavy atom. The number of hydrogen-bond donors (Lipinski definition) is 2. The molecule has 5 nitrogen and oxygen atoms in total. The maximum absolute atomic E-state index is 11.1. The molecule has 2 N–H and O–H groups in total. The molecule has 68 valence electrons. The number of nitrogens with one attached hydrogen (secondary N) is 1. The van der Waals surface area contributed by atoms with Crippen LogP contribution in [0.25, 0.3) is 0 Å². The van der Waals surface area contributed by atoms with E-state index in [1.54, 1.807) is 6.92 Å². The average Bonchev–Trinajstić information content (AvgIpc) is 2.31. The number of aliphatic hydroxyl groups is 1. The standard InChI is InChI=1S/C6H11N3O2S/c1-4(10)3-9-6(11)7-5(8-9)12-2/h4,10H,3H2,1-2H3,(H,7,8,11). The zero-order valence-corrected chi connectivity index (χ0v) is 7.76. The Morgan fingerprint density at radius 1 is 1.83 bits per heavy atom. The van der Waals surface area contributed by atoms with Gasteiger partial charge in [-0.15, -0.1) is 5.10 Å². The number of rotatable bonds is 3. The van der Waals surface area contributed by atoms with Gasteiger partial charge in [0.2, 0.25) is 0 Å². The molecule has 1 heterocycles. The van der Waals surface area contributed by atoms with E-state index in [2.05, 4.69) is 10.1 Å². The molecule has 0 aliphatic rings. The molecule has 0 aromatic carbocycles. The molecule has 0 radical (unpaired) electrons. The van der Waals surface area contributed by atoms with Crippen LogP contribution in [-0.2, 0) is 6.54 Å². The molecule has 0 saturated heterocycles. The van der Waals surface area contributed by atoms with Crippen molar-refractivity contribution in [1.82, 2.24) is 14.8 Å². The van der Waals surface area contributed by atoms with Crippen LogP contribution >= 0.6 is 11.8 Å². The molecule has 12 heavy (non-hydrogen) atoms. The summed E-state index contributed by atoms with van der Waals surface area (Å²) in [5.41, 5.74) is -0.278. The zero-order chi connectivity index (χ0) is 9.14. The van der Waals surface area contributed by atoms with Gasteiger partial charge in [-0.25, -0.2) is 9.48 Å². The summed E-state index contributed by atoms with van der Waals surface area (Å²) in [5, 5.41) is 13.5. The lowest BCUT2D eigenvalue weighted by molar-refractivity contribution is 0.166. The number of H-pyrrole nitrogens is 1. The molecule has 0 fully saturated rings. The van der Waals surface area contributed by atoms with Gasteiger partial charge in [-0.2, -0.15) is 0 Å². The SMILES string of the molecule is CSc1nn(CC(C)O)c(=O)[nH]1. The first-order chi connectivity index (χ1) is 5.63.